The summed E-state index contributed by atoms with van der Waals surface area (Å²) in [6, 6.07) is 0. The maximum absolute atomic E-state index is 11.9. The van der Waals surface area contributed by atoms with Crippen molar-refractivity contribution in [3.05, 3.63) is 0 Å². The SMILES string of the molecule is COC(C)C(=O)N(CCCN)CC(C)C. The topological polar surface area (TPSA) is 55.6 Å². The van der Waals surface area contributed by atoms with Crippen molar-refractivity contribution in [1.82, 2.24) is 4.90 Å². The molecule has 1 unspecified atom stereocenters. The van der Waals surface area contributed by atoms with Gasteiger partial charge in [0.2, 0.25) is 0 Å². The molecule has 4 heteroatoms. The lowest BCUT2D eigenvalue weighted by atomic mass is 10.2. The molecule has 0 saturated heterocycles. The number of nitrogens with zero attached hydrogens (tertiary/aromatic N) is 1. The Morgan fingerprint density at radius 2 is 2.00 bits per heavy atom. The molecule has 0 spiro atoms. The van der Waals surface area contributed by atoms with Gasteiger partial charge in [0.05, 0.1) is 0 Å². The molecular weight excluding hydrogens is 192 g/mol. The minimum Gasteiger partial charge on any atom is -0.372 e. The van der Waals surface area contributed by atoms with Crippen molar-refractivity contribution >= 4 is 5.91 Å². The van der Waals surface area contributed by atoms with Crippen LogP contribution in [0, 0.1) is 5.92 Å². The van der Waals surface area contributed by atoms with E-state index in [0.717, 1.165) is 19.5 Å². The summed E-state index contributed by atoms with van der Waals surface area (Å²) in [6.07, 6.45) is 0.482. The van der Waals surface area contributed by atoms with Crippen LogP contribution >= 0.6 is 0 Å². The summed E-state index contributed by atoms with van der Waals surface area (Å²) in [4.78, 5) is 13.7. The summed E-state index contributed by atoms with van der Waals surface area (Å²) in [5, 5.41) is 0. The molecule has 0 rings (SSSR count). The molecule has 4 nitrogen and oxygen atoms in total. The van der Waals surface area contributed by atoms with Gasteiger partial charge in [0.1, 0.15) is 6.10 Å². The molecular formula is C11H24N2O2. The Bertz CT molecular complexity index is 183. The highest BCUT2D eigenvalue weighted by Crippen LogP contribution is 2.04. The summed E-state index contributed by atoms with van der Waals surface area (Å²) in [6.45, 7) is 8.08. The van der Waals surface area contributed by atoms with Crippen LogP contribution in [-0.2, 0) is 9.53 Å². The number of amides is 1. The average molecular weight is 216 g/mol. The van der Waals surface area contributed by atoms with Gasteiger partial charge in [0.15, 0.2) is 0 Å². The van der Waals surface area contributed by atoms with Crippen LogP contribution in [0.5, 0.6) is 0 Å². The Labute approximate surface area is 92.8 Å². The normalized spacial score (nSPS) is 12.9. The molecule has 0 aromatic carbocycles. The molecule has 2 N–H and O–H groups in total. The lowest BCUT2D eigenvalue weighted by molar-refractivity contribution is -0.141. The van der Waals surface area contributed by atoms with E-state index in [1.165, 1.54) is 0 Å². The molecule has 1 atom stereocenters. The van der Waals surface area contributed by atoms with Crippen molar-refractivity contribution in [2.24, 2.45) is 11.7 Å². The minimum atomic E-state index is -0.360. The highest BCUT2D eigenvalue weighted by atomic mass is 16.5. The van der Waals surface area contributed by atoms with E-state index in [1.807, 2.05) is 4.90 Å². The second kappa shape index (κ2) is 7.65. The number of carbonyl (C=O) groups excluding carboxylic acids is 1. The lowest BCUT2D eigenvalue weighted by Crippen LogP contribution is -2.41. The molecule has 0 aliphatic heterocycles. The predicted molar refractivity (Wildman–Crippen MR) is 61.6 cm³/mol. The zero-order valence-electron chi connectivity index (χ0n) is 10.3. The first-order chi connectivity index (χ1) is 7.02. The monoisotopic (exact) mass is 216 g/mol. The Kier molecular flexibility index (Phi) is 7.34. The van der Waals surface area contributed by atoms with Gasteiger partial charge in [0.25, 0.3) is 5.91 Å². The van der Waals surface area contributed by atoms with Crippen LogP contribution in [0.4, 0.5) is 0 Å². The number of carbonyl (C=O) groups is 1. The van der Waals surface area contributed by atoms with Gasteiger partial charge < -0.3 is 15.4 Å². The van der Waals surface area contributed by atoms with Crippen LogP contribution in [-0.4, -0.2) is 43.7 Å². The van der Waals surface area contributed by atoms with Crippen LogP contribution in [0.1, 0.15) is 27.2 Å². The van der Waals surface area contributed by atoms with Crippen LogP contribution < -0.4 is 5.73 Å². The lowest BCUT2D eigenvalue weighted by Gasteiger charge is -2.26. The summed E-state index contributed by atoms with van der Waals surface area (Å²) in [5.74, 6) is 0.524. The second-order valence-electron chi connectivity index (χ2n) is 4.20. The summed E-state index contributed by atoms with van der Waals surface area (Å²) < 4.78 is 5.03. The number of rotatable bonds is 7. The first kappa shape index (κ1) is 14.4. The van der Waals surface area contributed by atoms with Gasteiger partial charge in [-0.1, -0.05) is 13.8 Å². The number of methoxy groups -OCH3 is 1. The van der Waals surface area contributed by atoms with Crippen molar-refractivity contribution in [2.45, 2.75) is 33.3 Å². The first-order valence-corrected chi connectivity index (χ1v) is 5.54. The fourth-order valence-corrected chi connectivity index (χ4v) is 1.37. The molecule has 0 radical (unpaired) electrons. The largest absolute Gasteiger partial charge is 0.372 e. The third-order valence-electron chi connectivity index (χ3n) is 2.23. The third-order valence-corrected chi connectivity index (χ3v) is 2.23. The van der Waals surface area contributed by atoms with Crippen LogP contribution in [0.25, 0.3) is 0 Å². The van der Waals surface area contributed by atoms with E-state index in [-0.39, 0.29) is 12.0 Å². The summed E-state index contributed by atoms with van der Waals surface area (Å²) >= 11 is 0. The zero-order chi connectivity index (χ0) is 11.8. The van der Waals surface area contributed by atoms with E-state index in [9.17, 15) is 4.79 Å². The number of hydrogen-bond donors (Lipinski definition) is 1. The Morgan fingerprint density at radius 1 is 1.40 bits per heavy atom. The Hall–Kier alpha value is -0.610. The van der Waals surface area contributed by atoms with Gasteiger partial charge in [-0.05, 0) is 25.8 Å². The van der Waals surface area contributed by atoms with E-state index in [2.05, 4.69) is 13.8 Å². The van der Waals surface area contributed by atoms with Gasteiger partial charge in [-0.25, -0.2) is 0 Å². The molecule has 0 saturated carbocycles. The van der Waals surface area contributed by atoms with Crippen molar-refractivity contribution in [2.75, 3.05) is 26.7 Å². The van der Waals surface area contributed by atoms with Crippen LogP contribution in [0.15, 0.2) is 0 Å². The third kappa shape index (κ3) is 5.74. The number of ether oxygens (including phenoxy) is 1. The highest BCUT2D eigenvalue weighted by molar-refractivity contribution is 5.80. The van der Waals surface area contributed by atoms with Gasteiger partial charge in [0, 0.05) is 20.2 Å². The maximum atomic E-state index is 11.9. The van der Waals surface area contributed by atoms with Gasteiger partial charge >= 0.3 is 0 Å². The van der Waals surface area contributed by atoms with E-state index in [0.29, 0.717) is 12.5 Å². The van der Waals surface area contributed by atoms with Crippen LogP contribution in [0.2, 0.25) is 0 Å². The molecule has 15 heavy (non-hydrogen) atoms. The Morgan fingerprint density at radius 3 is 2.40 bits per heavy atom. The maximum Gasteiger partial charge on any atom is 0.251 e. The van der Waals surface area contributed by atoms with Gasteiger partial charge in [-0.2, -0.15) is 0 Å². The quantitative estimate of drug-likeness (QED) is 0.686. The highest BCUT2D eigenvalue weighted by Gasteiger charge is 2.20. The number of nitrogens with two attached hydrogens (primary N) is 1. The van der Waals surface area contributed by atoms with Crippen molar-refractivity contribution in [1.29, 1.82) is 0 Å². The zero-order valence-corrected chi connectivity index (χ0v) is 10.3. The second-order valence-corrected chi connectivity index (χ2v) is 4.20. The molecule has 1 amide bonds. The average Bonchev–Trinajstić information content (AvgIpc) is 2.21. The Balaban J connectivity index is 4.26. The predicted octanol–water partition coefficient (Wildman–Crippen LogP) is 0.855. The van der Waals surface area contributed by atoms with Crippen molar-refractivity contribution in [3.8, 4) is 0 Å². The van der Waals surface area contributed by atoms with E-state index in [4.69, 9.17) is 10.5 Å². The van der Waals surface area contributed by atoms with Crippen LogP contribution in [0.3, 0.4) is 0 Å². The fourth-order valence-electron chi connectivity index (χ4n) is 1.37. The molecule has 0 aliphatic rings. The van der Waals surface area contributed by atoms with Gasteiger partial charge in [-0.15, -0.1) is 0 Å². The smallest absolute Gasteiger partial charge is 0.251 e. The molecule has 0 aliphatic carbocycles. The molecule has 0 aromatic heterocycles. The molecule has 0 aromatic rings. The number of hydrogen-bond acceptors (Lipinski definition) is 3. The van der Waals surface area contributed by atoms with E-state index < -0.39 is 0 Å². The van der Waals surface area contributed by atoms with E-state index >= 15 is 0 Å². The van der Waals surface area contributed by atoms with Gasteiger partial charge in [-0.3, -0.25) is 4.79 Å². The molecule has 0 fully saturated rings. The standard InChI is InChI=1S/C11H24N2O2/c1-9(2)8-13(7-5-6-12)11(14)10(3)15-4/h9-10H,5-8,12H2,1-4H3. The summed E-state index contributed by atoms with van der Waals surface area (Å²) in [5.41, 5.74) is 5.45. The van der Waals surface area contributed by atoms with Crippen molar-refractivity contribution in [3.63, 3.8) is 0 Å². The minimum absolute atomic E-state index is 0.0552. The molecule has 90 valence electrons. The molecule has 0 bridgehead atoms. The molecule has 0 heterocycles. The summed E-state index contributed by atoms with van der Waals surface area (Å²) in [7, 11) is 1.55. The van der Waals surface area contributed by atoms with E-state index in [1.54, 1.807) is 14.0 Å². The fraction of sp³-hybridized carbons (Fsp3) is 0.909. The first-order valence-electron chi connectivity index (χ1n) is 5.54. The van der Waals surface area contributed by atoms with Crippen molar-refractivity contribution < 1.29 is 9.53 Å².